The molecule has 2 N–H and O–H groups in total. The Labute approximate surface area is 185 Å². The van der Waals surface area contributed by atoms with Crippen molar-refractivity contribution < 1.29 is 24.5 Å². The maximum absolute atomic E-state index is 12.4. The lowest BCUT2D eigenvalue weighted by Crippen LogP contribution is -2.40. The first-order chi connectivity index (χ1) is 14.9. The van der Waals surface area contributed by atoms with E-state index >= 15 is 0 Å². The zero-order valence-corrected chi connectivity index (χ0v) is 18.9. The first kappa shape index (κ1) is 25.0. The minimum Gasteiger partial charge on any atom is -0.483 e. The van der Waals surface area contributed by atoms with Gasteiger partial charge < -0.3 is 19.8 Å². The molecule has 2 heterocycles. The molecular formula is C24H36N2O5. The number of fused-ring (bicyclic) bond motifs is 1. The van der Waals surface area contributed by atoms with Gasteiger partial charge in [0.2, 0.25) is 5.91 Å². The molecule has 0 aromatic heterocycles. The van der Waals surface area contributed by atoms with Gasteiger partial charge >= 0.3 is 0 Å². The number of rotatable bonds is 8. The number of carbonyl (C=O) groups excluding carboxylic acids is 1. The number of aliphatic hydroxyl groups is 1. The molecule has 0 saturated carbocycles. The van der Waals surface area contributed by atoms with Gasteiger partial charge in [0.1, 0.15) is 6.61 Å². The number of likely N-dealkylation sites (tertiary alicyclic amines) is 2. The molecule has 7 heteroatoms. The quantitative estimate of drug-likeness (QED) is 0.612. The van der Waals surface area contributed by atoms with Gasteiger partial charge in [0.15, 0.2) is 0 Å². The third-order valence-corrected chi connectivity index (χ3v) is 6.00. The zero-order chi connectivity index (χ0) is 22.9. The Morgan fingerprint density at radius 1 is 1.26 bits per heavy atom. The lowest BCUT2D eigenvalue weighted by atomic mass is 9.82. The van der Waals surface area contributed by atoms with Gasteiger partial charge in [-0.25, -0.2) is 0 Å². The van der Waals surface area contributed by atoms with Crippen LogP contribution in [0.2, 0.25) is 0 Å². The van der Waals surface area contributed by atoms with Crippen molar-refractivity contribution in [3.8, 4) is 0 Å². The summed E-state index contributed by atoms with van der Waals surface area (Å²) in [5.41, 5.74) is 2.40. The van der Waals surface area contributed by atoms with Gasteiger partial charge in [-0.15, -0.1) is 0 Å². The lowest BCUT2D eigenvalue weighted by Gasteiger charge is -2.28. The minimum absolute atomic E-state index is 0.0419. The maximum atomic E-state index is 12.4. The molecule has 2 aliphatic rings. The number of aliphatic hydroxyl groups excluding tert-OH is 1. The van der Waals surface area contributed by atoms with Crippen LogP contribution in [0.5, 0.6) is 0 Å². The molecule has 31 heavy (non-hydrogen) atoms. The Balaban J connectivity index is 0.00000107. The van der Waals surface area contributed by atoms with Crippen LogP contribution in [0.15, 0.2) is 36.4 Å². The van der Waals surface area contributed by atoms with E-state index in [2.05, 4.69) is 49.1 Å². The SMILES string of the molecule is CCOCC(=O)N1CC2CN(CC(=CC(C)C)c3ccccc3)CC2(CO)C1.O=CO. The van der Waals surface area contributed by atoms with Crippen LogP contribution in [0.4, 0.5) is 0 Å². The van der Waals surface area contributed by atoms with E-state index in [-0.39, 0.29) is 31.0 Å². The normalized spacial score (nSPS) is 23.5. The standard InChI is InChI=1S/C23H34N2O3.CH2O2/c1-4-28-14-22(27)25-13-21-12-24(15-23(21,16-25)17-26)11-20(10-18(2)3)19-8-6-5-7-9-19;2-1-3/h5-10,18,21,26H,4,11-17H2,1-3H3;1H,(H,2,3). The Morgan fingerprint density at radius 3 is 2.48 bits per heavy atom. The maximum Gasteiger partial charge on any atom is 0.290 e. The van der Waals surface area contributed by atoms with Gasteiger partial charge in [-0.2, -0.15) is 0 Å². The average Bonchev–Trinajstić information content (AvgIpc) is 3.26. The van der Waals surface area contributed by atoms with Crippen LogP contribution in [-0.2, 0) is 14.3 Å². The Hall–Kier alpha value is -2.22. The molecule has 0 spiro atoms. The number of ether oxygens (including phenoxy) is 1. The number of carbonyl (C=O) groups is 2. The summed E-state index contributed by atoms with van der Waals surface area (Å²) in [6.07, 6.45) is 2.34. The number of nitrogens with zero attached hydrogens (tertiary/aromatic N) is 2. The summed E-state index contributed by atoms with van der Waals surface area (Å²) in [5.74, 6) is 0.843. The molecule has 1 aromatic carbocycles. The molecule has 0 bridgehead atoms. The molecule has 1 aromatic rings. The monoisotopic (exact) mass is 432 g/mol. The summed E-state index contributed by atoms with van der Waals surface area (Å²) in [6, 6.07) is 10.5. The second-order valence-electron chi connectivity index (χ2n) is 8.71. The van der Waals surface area contributed by atoms with Crippen molar-refractivity contribution in [3.63, 3.8) is 0 Å². The van der Waals surface area contributed by atoms with Crippen molar-refractivity contribution in [2.24, 2.45) is 17.3 Å². The van der Waals surface area contributed by atoms with Gasteiger partial charge in [0, 0.05) is 44.7 Å². The van der Waals surface area contributed by atoms with E-state index in [0.717, 1.165) is 26.2 Å². The highest BCUT2D eigenvalue weighted by Crippen LogP contribution is 2.42. The molecule has 2 aliphatic heterocycles. The summed E-state index contributed by atoms with van der Waals surface area (Å²) in [4.78, 5) is 25.1. The highest BCUT2D eigenvalue weighted by molar-refractivity contribution is 5.78. The van der Waals surface area contributed by atoms with Crippen LogP contribution in [0.3, 0.4) is 0 Å². The summed E-state index contributed by atoms with van der Waals surface area (Å²) in [6.45, 7) is 10.9. The summed E-state index contributed by atoms with van der Waals surface area (Å²) < 4.78 is 5.28. The molecule has 2 fully saturated rings. The Bertz CT molecular complexity index is 737. The van der Waals surface area contributed by atoms with E-state index in [1.807, 2.05) is 17.9 Å². The smallest absolute Gasteiger partial charge is 0.290 e. The number of benzene rings is 1. The van der Waals surface area contributed by atoms with E-state index in [9.17, 15) is 9.90 Å². The number of allylic oxidation sites excluding steroid dienone is 1. The van der Waals surface area contributed by atoms with Crippen LogP contribution >= 0.6 is 0 Å². The molecule has 2 unspecified atom stereocenters. The first-order valence-corrected chi connectivity index (χ1v) is 10.9. The predicted molar refractivity (Wildman–Crippen MR) is 120 cm³/mol. The van der Waals surface area contributed by atoms with Crippen LogP contribution < -0.4 is 0 Å². The fourth-order valence-corrected chi connectivity index (χ4v) is 4.64. The van der Waals surface area contributed by atoms with Crippen molar-refractivity contribution in [1.29, 1.82) is 0 Å². The Kier molecular flexibility index (Phi) is 9.68. The van der Waals surface area contributed by atoms with Crippen LogP contribution in [0.25, 0.3) is 5.57 Å². The average molecular weight is 433 g/mol. The molecule has 7 nitrogen and oxygen atoms in total. The molecule has 1 amide bonds. The summed E-state index contributed by atoms with van der Waals surface area (Å²) >= 11 is 0. The van der Waals surface area contributed by atoms with E-state index < -0.39 is 0 Å². The fraction of sp³-hybridized carbons (Fsp3) is 0.583. The van der Waals surface area contributed by atoms with Crippen molar-refractivity contribution in [2.45, 2.75) is 20.8 Å². The second-order valence-corrected chi connectivity index (χ2v) is 8.71. The van der Waals surface area contributed by atoms with Crippen LogP contribution in [0, 0.1) is 17.3 Å². The predicted octanol–water partition coefficient (Wildman–Crippen LogP) is 2.22. The third-order valence-electron chi connectivity index (χ3n) is 6.00. The summed E-state index contributed by atoms with van der Waals surface area (Å²) in [7, 11) is 0. The molecule has 2 atom stereocenters. The van der Waals surface area contributed by atoms with Crippen LogP contribution in [0.1, 0.15) is 26.3 Å². The highest BCUT2D eigenvalue weighted by atomic mass is 16.5. The van der Waals surface area contributed by atoms with E-state index in [0.29, 0.717) is 25.0 Å². The zero-order valence-electron chi connectivity index (χ0n) is 18.9. The molecule has 2 saturated heterocycles. The van der Waals surface area contributed by atoms with Gasteiger partial charge in [-0.3, -0.25) is 14.5 Å². The van der Waals surface area contributed by atoms with Crippen molar-refractivity contribution in [3.05, 3.63) is 42.0 Å². The number of hydrogen-bond donors (Lipinski definition) is 2. The van der Waals surface area contributed by atoms with Gasteiger partial charge in [0.25, 0.3) is 6.47 Å². The van der Waals surface area contributed by atoms with Gasteiger partial charge in [-0.1, -0.05) is 50.3 Å². The summed E-state index contributed by atoms with van der Waals surface area (Å²) in [5, 5.41) is 17.1. The number of hydrogen-bond acceptors (Lipinski definition) is 5. The highest BCUT2D eigenvalue weighted by Gasteiger charge is 2.53. The number of carboxylic acid groups (broad SMARTS) is 1. The topological polar surface area (TPSA) is 90.3 Å². The van der Waals surface area contributed by atoms with E-state index in [1.54, 1.807) is 0 Å². The Morgan fingerprint density at radius 2 is 1.94 bits per heavy atom. The lowest BCUT2D eigenvalue weighted by molar-refractivity contribution is -0.135. The van der Waals surface area contributed by atoms with Crippen molar-refractivity contribution >= 4 is 18.0 Å². The second kappa shape index (κ2) is 12.0. The van der Waals surface area contributed by atoms with E-state index in [4.69, 9.17) is 14.6 Å². The fourth-order valence-electron chi connectivity index (χ4n) is 4.64. The van der Waals surface area contributed by atoms with E-state index in [1.165, 1.54) is 11.1 Å². The third kappa shape index (κ3) is 6.63. The largest absolute Gasteiger partial charge is 0.483 e. The molecule has 172 valence electrons. The van der Waals surface area contributed by atoms with Crippen molar-refractivity contribution in [1.82, 2.24) is 9.80 Å². The van der Waals surface area contributed by atoms with Gasteiger partial charge in [0.05, 0.1) is 6.61 Å². The first-order valence-electron chi connectivity index (χ1n) is 10.9. The molecule has 0 aliphatic carbocycles. The number of amides is 1. The van der Waals surface area contributed by atoms with Crippen molar-refractivity contribution in [2.75, 3.05) is 52.5 Å². The molecule has 0 radical (unpaired) electrons. The molecular weight excluding hydrogens is 396 g/mol. The van der Waals surface area contributed by atoms with Crippen LogP contribution in [-0.4, -0.2) is 84.9 Å². The molecule has 3 rings (SSSR count). The minimum atomic E-state index is -0.250. The van der Waals surface area contributed by atoms with Gasteiger partial charge in [-0.05, 0) is 29.9 Å².